The summed E-state index contributed by atoms with van der Waals surface area (Å²) in [5, 5.41) is 3.49. The standard InChI is InChI=1S/C14H18N4/c1-11-7-13(4-6-17-11)18-10-16-9-14(18)12-3-2-5-15-8-12/h2-3,5,8-11,13,17H,4,6-7H2,1H3. The summed E-state index contributed by atoms with van der Waals surface area (Å²) >= 11 is 0. The molecule has 4 heteroatoms. The Labute approximate surface area is 107 Å². The second-order valence-electron chi connectivity index (χ2n) is 4.96. The Morgan fingerprint density at radius 2 is 2.28 bits per heavy atom. The van der Waals surface area contributed by atoms with E-state index in [0.29, 0.717) is 12.1 Å². The molecule has 1 aliphatic heterocycles. The number of nitrogens with one attached hydrogen (secondary N) is 1. The summed E-state index contributed by atoms with van der Waals surface area (Å²) in [5.41, 5.74) is 2.31. The lowest BCUT2D eigenvalue weighted by molar-refractivity contribution is 0.315. The Hall–Kier alpha value is -1.68. The van der Waals surface area contributed by atoms with E-state index in [1.54, 1.807) is 6.20 Å². The average Bonchev–Trinajstić information content (AvgIpc) is 2.89. The zero-order valence-electron chi connectivity index (χ0n) is 10.6. The smallest absolute Gasteiger partial charge is 0.0953 e. The maximum atomic E-state index is 4.31. The molecule has 1 saturated heterocycles. The van der Waals surface area contributed by atoms with Crippen LogP contribution in [0.3, 0.4) is 0 Å². The van der Waals surface area contributed by atoms with E-state index in [4.69, 9.17) is 0 Å². The summed E-state index contributed by atoms with van der Waals surface area (Å²) in [6, 6.07) is 5.18. The number of piperidine rings is 1. The highest BCUT2D eigenvalue weighted by Gasteiger charge is 2.21. The minimum Gasteiger partial charge on any atom is -0.327 e. The molecule has 3 rings (SSSR count). The van der Waals surface area contributed by atoms with Crippen LogP contribution in [0.2, 0.25) is 0 Å². The number of pyridine rings is 1. The van der Waals surface area contributed by atoms with Crippen LogP contribution < -0.4 is 5.32 Å². The minimum atomic E-state index is 0.541. The number of hydrogen-bond donors (Lipinski definition) is 1. The fourth-order valence-corrected chi connectivity index (χ4v) is 2.69. The normalized spacial score (nSPS) is 24.1. The predicted octanol–water partition coefficient (Wildman–Crippen LogP) is 2.26. The molecule has 0 aliphatic carbocycles. The third-order valence-electron chi connectivity index (χ3n) is 3.61. The van der Waals surface area contributed by atoms with Gasteiger partial charge in [-0.1, -0.05) is 0 Å². The Balaban J connectivity index is 1.92. The van der Waals surface area contributed by atoms with E-state index in [9.17, 15) is 0 Å². The second-order valence-corrected chi connectivity index (χ2v) is 4.96. The van der Waals surface area contributed by atoms with Gasteiger partial charge in [0.25, 0.3) is 0 Å². The van der Waals surface area contributed by atoms with Crippen molar-refractivity contribution < 1.29 is 0 Å². The maximum absolute atomic E-state index is 4.31. The monoisotopic (exact) mass is 242 g/mol. The van der Waals surface area contributed by atoms with Gasteiger partial charge in [0.15, 0.2) is 0 Å². The minimum absolute atomic E-state index is 0.541. The highest BCUT2D eigenvalue weighted by atomic mass is 15.1. The molecular formula is C14H18N4. The van der Waals surface area contributed by atoms with E-state index in [2.05, 4.69) is 32.8 Å². The lowest BCUT2D eigenvalue weighted by Crippen LogP contribution is -2.36. The van der Waals surface area contributed by atoms with Crippen molar-refractivity contribution in [1.29, 1.82) is 0 Å². The molecule has 2 aromatic rings. The van der Waals surface area contributed by atoms with Crippen LogP contribution in [-0.4, -0.2) is 27.1 Å². The first-order chi connectivity index (χ1) is 8.84. The third-order valence-corrected chi connectivity index (χ3v) is 3.61. The highest BCUT2D eigenvalue weighted by Crippen LogP contribution is 2.27. The lowest BCUT2D eigenvalue weighted by atomic mass is 10.00. The van der Waals surface area contributed by atoms with Gasteiger partial charge in [-0.3, -0.25) is 4.98 Å². The van der Waals surface area contributed by atoms with Crippen LogP contribution in [0.15, 0.2) is 37.1 Å². The Morgan fingerprint density at radius 3 is 3.06 bits per heavy atom. The van der Waals surface area contributed by atoms with Gasteiger partial charge in [-0.15, -0.1) is 0 Å². The molecule has 1 fully saturated rings. The van der Waals surface area contributed by atoms with Crippen LogP contribution in [-0.2, 0) is 0 Å². The van der Waals surface area contributed by atoms with Gasteiger partial charge in [-0.05, 0) is 38.4 Å². The van der Waals surface area contributed by atoms with Crippen LogP contribution >= 0.6 is 0 Å². The van der Waals surface area contributed by atoms with Gasteiger partial charge in [0, 0.05) is 30.0 Å². The third kappa shape index (κ3) is 2.16. The quantitative estimate of drug-likeness (QED) is 0.878. The van der Waals surface area contributed by atoms with Gasteiger partial charge in [0.1, 0.15) is 0 Å². The molecule has 1 N–H and O–H groups in total. The fourth-order valence-electron chi connectivity index (χ4n) is 2.69. The van der Waals surface area contributed by atoms with Crippen molar-refractivity contribution in [2.75, 3.05) is 6.54 Å². The molecule has 0 aromatic carbocycles. The number of imidazole rings is 1. The van der Waals surface area contributed by atoms with E-state index < -0.39 is 0 Å². The van der Waals surface area contributed by atoms with Crippen LogP contribution in [0.1, 0.15) is 25.8 Å². The lowest BCUT2D eigenvalue weighted by Gasteiger charge is -2.30. The van der Waals surface area contributed by atoms with Crippen molar-refractivity contribution in [2.45, 2.75) is 31.8 Å². The molecule has 2 atom stereocenters. The van der Waals surface area contributed by atoms with Crippen molar-refractivity contribution in [3.05, 3.63) is 37.1 Å². The van der Waals surface area contributed by atoms with Crippen molar-refractivity contribution in [2.24, 2.45) is 0 Å². The van der Waals surface area contributed by atoms with Crippen LogP contribution in [0.4, 0.5) is 0 Å². The van der Waals surface area contributed by atoms with Gasteiger partial charge in [0.2, 0.25) is 0 Å². The first-order valence-electron chi connectivity index (χ1n) is 6.50. The van der Waals surface area contributed by atoms with Crippen molar-refractivity contribution >= 4 is 0 Å². The van der Waals surface area contributed by atoms with E-state index in [0.717, 1.165) is 24.9 Å². The average molecular weight is 242 g/mol. The van der Waals surface area contributed by atoms with Gasteiger partial charge < -0.3 is 9.88 Å². The Kier molecular flexibility index (Phi) is 3.11. The van der Waals surface area contributed by atoms with E-state index in [1.807, 2.05) is 24.8 Å². The molecule has 0 saturated carbocycles. The summed E-state index contributed by atoms with van der Waals surface area (Å²) < 4.78 is 2.30. The molecule has 2 aromatic heterocycles. The largest absolute Gasteiger partial charge is 0.327 e. The summed E-state index contributed by atoms with van der Waals surface area (Å²) in [6.07, 6.45) is 9.90. The molecular weight excluding hydrogens is 224 g/mol. The molecule has 0 radical (unpaired) electrons. The number of nitrogens with zero attached hydrogens (tertiary/aromatic N) is 3. The summed E-state index contributed by atoms with van der Waals surface area (Å²) in [4.78, 5) is 8.50. The van der Waals surface area contributed by atoms with Crippen LogP contribution in [0.5, 0.6) is 0 Å². The molecule has 0 amide bonds. The second kappa shape index (κ2) is 4.90. The van der Waals surface area contributed by atoms with E-state index in [-0.39, 0.29) is 0 Å². The van der Waals surface area contributed by atoms with Gasteiger partial charge in [-0.2, -0.15) is 0 Å². The number of hydrogen-bond acceptors (Lipinski definition) is 3. The van der Waals surface area contributed by atoms with Gasteiger partial charge in [-0.25, -0.2) is 4.98 Å². The van der Waals surface area contributed by atoms with E-state index in [1.165, 1.54) is 5.69 Å². The van der Waals surface area contributed by atoms with Crippen LogP contribution in [0, 0.1) is 0 Å². The molecule has 0 bridgehead atoms. The predicted molar refractivity (Wildman–Crippen MR) is 71.2 cm³/mol. The molecule has 3 heterocycles. The van der Waals surface area contributed by atoms with Crippen molar-refractivity contribution in [1.82, 2.24) is 19.9 Å². The molecule has 2 unspecified atom stereocenters. The van der Waals surface area contributed by atoms with Gasteiger partial charge >= 0.3 is 0 Å². The Morgan fingerprint density at radius 1 is 1.33 bits per heavy atom. The zero-order chi connectivity index (χ0) is 12.4. The van der Waals surface area contributed by atoms with Crippen LogP contribution in [0.25, 0.3) is 11.3 Å². The SMILES string of the molecule is CC1CC(n2cncc2-c2cccnc2)CCN1. The summed E-state index contributed by atoms with van der Waals surface area (Å²) in [7, 11) is 0. The molecule has 0 spiro atoms. The first kappa shape index (κ1) is 11.4. The molecule has 1 aliphatic rings. The number of rotatable bonds is 2. The van der Waals surface area contributed by atoms with Crippen molar-refractivity contribution in [3.63, 3.8) is 0 Å². The first-order valence-corrected chi connectivity index (χ1v) is 6.50. The highest BCUT2D eigenvalue weighted by molar-refractivity contribution is 5.57. The summed E-state index contributed by atoms with van der Waals surface area (Å²) in [6.45, 7) is 3.32. The fraction of sp³-hybridized carbons (Fsp3) is 0.429. The van der Waals surface area contributed by atoms with E-state index >= 15 is 0 Å². The van der Waals surface area contributed by atoms with Crippen molar-refractivity contribution in [3.8, 4) is 11.3 Å². The molecule has 94 valence electrons. The van der Waals surface area contributed by atoms with Gasteiger partial charge in [0.05, 0.1) is 18.2 Å². The maximum Gasteiger partial charge on any atom is 0.0953 e. The summed E-state index contributed by atoms with van der Waals surface area (Å²) in [5.74, 6) is 0. The molecule has 18 heavy (non-hydrogen) atoms. The molecule has 4 nitrogen and oxygen atoms in total. The zero-order valence-corrected chi connectivity index (χ0v) is 10.6. The topological polar surface area (TPSA) is 42.7 Å². The Bertz CT molecular complexity index is 506. The number of aromatic nitrogens is 3.